The Balaban J connectivity index is 1.84. The van der Waals surface area contributed by atoms with Crippen molar-refractivity contribution < 1.29 is 8.42 Å². The minimum atomic E-state index is -3.21. The molecule has 21 heavy (non-hydrogen) atoms. The van der Waals surface area contributed by atoms with E-state index in [4.69, 9.17) is 0 Å². The van der Waals surface area contributed by atoms with Gasteiger partial charge in [-0.2, -0.15) is 17.0 Å². The van der Waals surface area contributed by atoms with E-state index in [1.165, 1.54) is 6.42 Å². The Hall–Kier alpha value is -0.170. The van der Waals surface area contributed by atoms with Crippen molar-refractivity contribution in [3.8, 4) is 0 Å². The van der Waals surface area contributed by atoms with E-state index in [9.17, 15) is 8.42 Å². The number of nitrogens with one attached hydrogen (secondary N) is 1. The highest BCUT2D eigenvalue weighted by molar-refractivity contribution is 7.86. The maximum atomic E-state index is 12.7. The van der Waals surface area contributed by atoms with Gasteiger partial charge in [-0.25, -0.2) is 0 Å². The highest BCUT2D eigenvalue weighted by Gasteiger charge is 2.34. The first-order valence-corrected chi connectivity index (χ1v) is 9.93. The average Bonchev–Trinajstić information content (AvgIpc) is 2.53. The number of rotatable bonds is 6. The summed E-state index contributed by atoms with van der Waals surface area (Å²) in [5.74, 6) is 1.34. The Morgan fingerprint density at radius 2 is 1.38 bits per heavy atom. The molecule has 2 saturated heterocycles. The van der Waals surface area contributed by atoms with E-state index in [1.54, 1.807) is 8.61 Å². The van der Waals surface area contributed by atoms with E-state index in [0.29, 0.717) is 38.0 Å². The van der Waals surface area contributed by atoms with E-state index in [2.05, 4.69) is 19.2 Å². The molecule has 0 spiro atoms. The van der Waals surface area contributed by atoms with Crippen LogP contribution in [0.4, 0.5) is 0 Å². The van der Waals surface area contributed by atoms with Crippen LogP contribution in [-0.2, 0) is 10.2 Å². The standard InChI is InChI=1S/C15H31N3O2S/c1-3-14-5-9-17(10-6-14)21(19,20)18-11-7-15(8-12-18)13-16-4-2/h14-16H,3-13H2,1-2H3. The number of hydrogen-bond acceptors (Lipinski definition) is 3. The minimum Gasteiger partial charge on any atom is -0.317 e. The average molecular weight is 317 g/mol. The maximum Gasteiger partial charge on any atom is 0.281 e. The third kappa shape index (κ3) is 4.41. The Bertz CT molecular complexity index is 397. The van der Waals surface area contributed by atoms with Gasteiger partial charge in [0, 0.05) is 26.2 Å². The van der Waals surface area contributed by atoms with Gasteiger partial charge in [0.15, 0.2) is 0 Å². The van der Waals surface area contributed by atoms with Crippen LogP contribution in [-0.4, -0.2) is 56.3 Å². The van der Waals surface area contributed by atoms with Gasteiger partial charge in [0.2, 0.25) is 0 Å². The van der Waals surface area contributed by atoms with Gasteiger partial charge in [-0.3, -0.25) is 0 Å². The van der Waals surface area contributed by atoms with E-state index in [0.717, 1.165) is 38.8 Å². The molecule has 6 heteroatoms. The number of hydrogen-bond donors (Lipinski definition) is 1. The Kier molecular flexibility index (Phi) is 6.47. The summed E-state index contributed by atoms with van der Waals surface area (Å²) in [6.45, 7) is 9.11. The van der Waals surface area contributed by atoms with Gasteiger partial charge in [-0.1, -0.05) is 20.3 Å². The van der Waals surface area contributed by atoms with Crippen molar-refractivity contribution in [1.29, 1.82) is 0 Å². The Morgan fingerprint density at radius 1 is 0.905 bits per heavy atom. The molecule has 0 radical (unpaired) electrons. The third-order valence-electron chi connectivity index (χ3n) is 5.06. The molecule has 2 heterocycles. The molecule has 0 unspecified atom stereocenters. The van der Waals surface area contributed by atoms with Gasteiger partial charge in [-0.15, -0.1) is 0 Å². The highest BCUT2D eigenvalue weighted by Crippen LogP contribution is 2.26. The van der Waals surface area contributed by atoms with Crippen molar-refractivity contribution in [1.82, 2.24) is 13.9 Å². The summed E-state index contributed by atoms with van der Waals surface area (Å²) < 4.78 is 28.8. The fourth-order valence-electron chi connectivity index (χ4n) is 3.40. The number of piperidine rings is 2. The molecule has 0 bridgehead atoms. The first-order chi connectivity index (χ1) is 10.1. The predicted molar refractivity (Wildman–Crippen MR) is 86.3 cm³/mol. The van der Waals surface area contributed by atoms with Crippen LogP contribution in [0, 0.1) is 11.8 Å². The molecule has 0 aromatic heterocycles. The third-order valence-corrected chi connectivity index (χ3v) is 7.10. The zero-order chi connectivity index (χ0) is 15.3. The van der Waals surface area contributed by atoms with Crippen molar-refractivity contribution in [2.24, 2.45) is 11.8 Å². The second-order valence-electron chi connectivity index (χ2n) is 6.41. The quantitative estimate of drug-likeness (QED) is 0.811. The molecule has 5 nitrogen and oxygen atoms in total. The summed E-state index contributed by atoms with van der Waals surface area (Å²) in [4.78, 5) is 0. The van der Waals surface area contributed by atoms with Crippen molar-refractivity contribution in [3.05, 3.63) is 0 Å². The predicted octanol–water partition coefficient (Wildman–Crippen LogP) is 1.67. The summed E-state index contributed by atoms with van der Waals surface area (Å²) in [6.07, 6.45) is 5.18. The van der Waals surface area contributed by atoms with Gasteiger partial charge in [-0.05, 0) is 50.6 Å². The van der Waals surface area contributed by atoms with Crippen LogP contribution in [0.25, 0.3) is 0 Å². The van der Waals surface area contributed by atoms with Crippen molar-refractivity contribution in [3.63, 3.8) is 0 Å². The van der Waals surface area contributed by atoms with Gasteiger partial charge in [0.05, 0.1) is 0 Å². The van der Waals surface area contributed by atoms with Crippen LogP contribution < -0.4 is 5.32 Å². The molecular weight excluding hydrogens is 286 g/mol. The fourth-order valence-corrected chi connectivity index (χ4v) is 5.08. The SMILES string of the molecule is CCNCC1CCN(S(=O)(=O)N2CCC(CC)CC2)CC1. The molecule has 0 aliphatic carbocycles. The summed E-state index contributed by atoms with van der Waals surface area (Å²) in [6, 6.07) is 0. The molecule has 0 aromatic rings. The van der Waals surface area contributed by atoms with Gasteiger partial charge in [0.1, 0.15) is 0 Å². The largest absolute Gasteiger partial charge is 0.317 e. The van der Waals surface area contributed by atoms with Crippen molar-refractivity contribution in [2.45, 2.75) is 46.0 Å². The lowest BCUT2D eigenvalue weighted by molar-refractivity contribution is 0.223. The van der Waals surface area contributed by atoms with Crippen LogP contribution in [0.1, 0.15) is 46.0 Å². The lowest BCUT2D eigenvalue weighted by Crippen LogP contribution is -2.50. The van der Waals surface area contributed by atoms with Crippen LogP contribution in [0.15, 0.2) is 0 Å². The smallest absolute Gasteiger partial charge is 0.281 e. The van der Waals surface area contributed by atoms with Gasteiger partial charge < -0.3 is 5.32 Å². The van der Waals surface area contributed by atoms with E-state index in [1.807, 2.05) is 0 Å². The van der Waals surface area contributed by atoms with Gasteiger partial charge in [0.25, 0.3) is 10.2 Å². The van der Waals surface area contributed by atoms with Crippen LogP contribution in [0.2, 0.25) is 0 Å². The summed E-state index contributed by atoms with van der Waals surface area (Å²) >= 11 is 0. The number of nitrogens with zero attached hydrogens (tertiary/aromatic N) is 2. The molecule has 2 fully saturated rings. The molecule has 2 rings (SSSR count). The van der Waals surface area contributed by atoms with Crippen LogP contribution in [0.3, 0.4) is 0 Å². The molecule has 2 aliphatic rings. The molecule has 2 aliphatic heterocycles. The lowest BCUT2D eigenvalue weighted by Gasteiger charge is -2.37. The zero-order valence-electron chi connectivity index (χ0n) is 13.6. The Morgan fingerprint density at radius 3 is 1.81 bits per heavy atom. The van der Waals surface area contributed by atoms with Gasteiger partial charge >= 0.3 is 0 Å². The lowest BCUT2D eigenvalue weighted by atomic mass is 9.96. The van der Waals surface area contributed by atoms with Crippen molar-refractivity contribution >= 4 is 10.2 Å². The summed E-state index contributed by atoms with van der Waals surface area (Å²) in [7, 11) is -3.21. The normalized spacial score (nSPS) is 24.5. The maximum absolute atomic E-state index is 12.7. The van der Waals surface area contributed by atoms with E-state index < -0.39 is 10.2 Å². The van der Waals surface area contributed by atoms with E-state index >= 15 is 0 Å². The molecule has 0 saturated carbocycles. The molecular formula is C15H31N3O2S. The fraction of sp³-hybridized carbons (Fsp3) is 1.00. The van der Waals surface area contributed by atoms with E-state index in [-0.39, 0.29) is 0 Å². The Labute approximate surface area is 130 Å². The molecule has 0 amide bonds. The van der Waals surface area contributed by atoms with Crippen LogP contribution in [0.5, 0.6) is 0 Å². The second kappa shape index (κ2) is 7.90. The monoisotopic (exact) mass is 317 g/mol. The molecule has 0 atom stereocenters. The van der Waals surface area contributed by atoms with Crippen molar-refractivity contribution in [2.75, 3.05) is 39.3 Å². The zero-order valence-corrected chi connectivity index (χ0v) is 14.4. The summed E-state index contributed by atoms with van der Waals surface area (Å²) in [5, 5.41) is 3.37. The first-order valence-electron chi connectivity index (χ1n) is 8.53. The topological polar surface area (TPSA) is 52.7 Å². The first kappa shape index (κ1) is 17.2. The highest BCUT2D eigenvalue weighted by atomic mass is 32.2. The molecule has 0 aromatic carbocycles. The second-order valence-corrected chi connectivity index (χ2v) is 8.34. The van der Waals surface area contributed by atoms with Crippen LogP contribution >= 0.6 is 0 Å². The molecule has 1 N–H and O–H groups in total. The summed E-state index contributed by atoms with van der Waals surface area (Å²) in [5.41, 5.74) is 0. The minimum absolute atomic E-state index is 0.627. The molecule has 124 valence electrons.